The second-order valence-corrected chi connectivity index (χ2v) is 3.50. The maximum Gasteiger partial charge on any atom is 0.117 e. The maximum absolute atomic E-state index is 8.87. The molecule has 0 bridgehead atoms. The molecule has 1 N–H and O–H groups in total. The summed E-state index contributed by atoms with van der Waals surface area (Å²) in [6, 6.07) is 4.56. The fraction of sp³-hybridized carbons (Fsp3) is 0.600. The molecule has 13 heavy (non-hydrogen) atoms. The molecule has 0 unspecified atom stereocenters. The van der Waals surface area contributed by atoms with E-state index in [4.69, 9.17) is 9.52 Å². The summed E-state index contributed by atoms with van der Waals surface area (Å²) >= 11 is 0. The van der Waals surface area contributed by atoms with E-state index >= 15 is 0 Å². The van der Waals surface area contributed by atoms with E-state index in [2.05, 4.69) is 4.90 Å². The molecule has 0 atom stereocenters. The number of aliphatic hydroxyl groups excluding tert-OH is 1. The Labute approximate surface area is 78.0 Å². The van der Waals surface area contributed by atoms with E-state index in [1.54, 1.807) is 6.26 Å². The van der Waals surface area contributed by atoms with Gasteiger partial charge in [-0.05, 0) is 25.0 Å². The molecule has 1 fully saturated rings. The molecule has 0 aromatic carbocycles. The van der Waals surface area contributed by atoms with Crippen LogP contribution in [0.15, 0.2) is 22.8 Å². The Hall–Kier alpha value is -0.800. The zero-order valence-corrected chi connectivity index (χ0v) is 7.65. The van der Waals surface area contributed by atoms with Gasteiger partial charge in [-0.2, -0.15) is 0 Å². The van der Waals surface area contributed by atoms with Crippen molar-refractivity contribution in [1.29, 1.82) is 0 Å². The summed E-state index contributed by atoms with van der Waals surface area (Å²) in [5.41, 5.74) is 0. The van der Waals surface area contributed by atoms with Crippen molar-refractivity contribution in [3.05, 3.63) is 24.2 Å². The van der Waals surface area contributed by atoms with Gasteiger partial charge in [0.25, 0.3) is 0 Å². The van der Waals surface area contributed by atoms with E-state index in [1.165, 1.54) is 12.8 Å². The first kappa shape index (κ1) is 8.78. The van der Waals surface area contributed by atoms with Crippen LogP contribution >= 0.6 is 0 Å². The van der Waals surface area contributed by atoms with E-state index in [1.807, 2.05) is 12.1 Å². The Balaban J connectivity index is 1.89. The lowest BCUT2D eigenvalue weighted by molar-refractivity contribution is 0.174. The molecule has 0 aliphatic heterocycles. The van der Waals surface area contributed by atoms with Crippen LogP contribution < -0.4 is 0 Å². The third-order valence-corrected chi connectivity index (χ3v) is 2.39. The van der Waals surface area contributed by atoms with E-state index in [0.29, 0.717) is 6.04 Å². The second kappa shape index (κ2) is 3.94. The van der Waals surface area contributed by atoms with Crippen molar-refractivity contribution >= 4 is 0 Å². The molecular formula is C10H15NO2. The lowest BCUT2D eigenvalue weighted by Crippen LogP contribution is -2.28. The Morgan fingerprint density at radius 3 is 2.92 bits per heavy atom. The van der Waals surface area contributed by atoms with Crippen LogP contribution in [0, 0.1) is 0 Å². The van der Waals surface area contributed by atoms with Crippen molar-refractivity contribution in [3.63, 3.8) is 0 Å². The summed E-state index contributed by atoms with van der Waals surface area (Å²) in [5.74, 6) is 0.986. The highest BCUT2D eigenvalue weighted by atomic mass is 16.3. The third-order valence-electron chi connectivity index (χ3n) is 2.39. The van der Waals surface area contributed by atoms with Gasteiger partial charge < -0.3 is 9.52 Å². The van der Waals surface area contributed by atoms with Crippen molar-refractivity contribution in [1.82, 2.24) is 4.90 Å². The van der Waals surface area contributed by atoms with Crippen LogP contribution in [0.25, 0.3) is 0 Å². The van der Waals surface area contributed by atoms with E-state index in [-0.39, 0.29) is 6.61 Å². The average molecular weight is 181 g/mol. The SMILES string of the molecule is OCCN(Cc1ccco1)C1CC1. The van der Waals surface area contributed by atoms with E-state index < -0.39 is 0 Å². The number of hydrogen-bond donors (Lipinski definition) is 1. The zero-order valence-electron chi connectivity index (χ0n) is 7.65. The Morgan fingerprint density at radius 1 is 1.54 bits per heavy atom. The largest absolute Gasteiger partial charge is 0.468 e. The molecule has 0 radical (unpaired) electrons. The third kappa shape index (κ3) is 2.32. The summed E-state index contributed by atoms with van der Waals surface area (Å²) in [6.45, 7) is 1.82. The number of furan rings is 1. The minimum Gasteiger partial charge on any atom is -0.468 e. The standard InChI is InChI=1S/C10H15NO2/c12-6-5-11(9-3-4-9)8-10-2-1-7-13-10/h1-2,7,9,12H,3-6,8H2. The first-order valence-electron chi connectivity index (χ1n) is 4.77. The fourth-order valence-electron chi connectivity index (χ4n) is 1.56. The molecular weight excluding hydrogens is 166 g/mol. The maximum atomic E-state index is 8.87. The molecule has 1 saturated carbocycles. The topological polar surface area (TPSA) is 36.6 Å². The van der Waals surface area contributed by atoms with Crippen LogP contribution in [0.1, 0.15) is 18.6 Å². The average Bonchev–Trinajstić information content (AvgIpc) is 2.85. The van der Waals surface area contributed by atoms with Gasteiger partial charge in [-0.1, -0.05) is 0 Å². The Morgan fingerprint density at radius 2 is 2.38 bits per heavy atom. The predicted molar refractivity (Wildman–Crippen MR) is 49.2 cm³/mol. The molecule has 2 rings (SSSR count). The van der Waals surface area contributed by atoms with Crippen molar-refractivity contribution in [3.8, 4) is 0 Å². The van der Waals surface area contributed by atoms with Crippen LogP contribution in [0.3, 0.4) is 0 Å². The molecule has 1 aromatic heterocycles. The highest BCUT2D eigenvalue weighted by molar-refractivity contribution is 4.99. The Bertz CT molecular complexity index is 241. The number of nitrogens with zero attached hydrogens (tertiary/aromatic N) is 1. The summed E-state index contributed by atoms with van der Waals surface area (Å²) < 4.78 is 5.26. The molecule has 3 heteroatoms. The minimum atomic E-state index is 0.233. The van der Waals surface area contributed by atoms with Gasteiger partial charge in [0.05, 0.1) is 19.4 Å². The van der Waals surface area contributed by atoms with Gasteiger partial charge in [0.15, 0.2) is 0 Å². The van der Waals surface area contributed by atoms with Crippen LogP contribution in [0.2, 0.25) is 0 Å². The van der Waals surface area contributed by atoms with E-state index in [9.17, 15) is 0 Å². The lowest BCUT2D eigenvalue weighted by Gasteiger charge is -2.18. The van der Waals surface area contributed by atoms with Crippen molar-refractivity contribution in [2.45, 2.75) is 25.4 Å². The molecule has 72 valence electrons. The Kier molecular flexibility index (Phi) is 2.66. The number of hydrogen-bond acceptors (Lipinski definition) is 3. The van der Waals surface area contributed by atoms with Crippen molar-refractivity contribution in [2.75, 3.05) is 13.2 Å². The second-order valence-electron chi connectivity index (χ2n) is 3.50. The lowest BCUT2D eigenvalue weighted by atomic mass is 10.4. The number of aliphatic hydroxyl groups is 1. The molecule has 1 heterocycles. The highest BCUT2D eigenvalue weighted by Crippen LogP contribution is 2.27. The molecule has 0 amide bonds. The van der Waals surface area contributed by atoms with Gasteiger partial charge in [0, 0.05) is 12.6 Å². The minimum absolute atomic E-state index is 0.233. The van der Waals surface area contributed by atoms with Gasteiger partial charge in [0.1, 0.15) is 5.76 Å². The zero-order chi connectivity index (χ0) is 9.10. The van der Waals surface area contributed by atoms with Crippen LogP contribution in [-0.4, -0.2) is 29.2 Å². The van der Waals surface area contributed by atoms with Gasteiger partial charge in [-0.3, -0.25) is 4.90 Å². The molecule has 0 saturated heterocycles. The van der Waals surface area contributed by atoms with Gasteiger partial charge >= 0.3 is 0 Å². The van der Waals surface area contributed by atoms with Crippen LogP contribution in [0.4, 0.5) is 0 Å². The molecule has 1 aliphatic rings. The quantitative estimate of drug-likeness (QED) is 0.742. The number of rotatable bonds is 5. The molecule has 3 nitrogen and oxygen atoms in total. The van der Waals surface area contributed by atoms with E-state index in [0.717, 1.165) is 18.8 Å². The summed E-state index contributed by atoms with van der Waals surface area (Å²) in [6.07, 6.45) is 4.22. The molecule has 1 aliphatic carbocycles. The highest BCUT2D eigenvalue weighted by Gasteiger charge is 2.28. The van der Waals surface area contributed by atoms with Crippen molar-refractivity contribution < 1.29 is 9.52 Å². The fourth-order valence-corrected chi connectivity index (χ4v) is 1.56. The summed E-state index contributed by atoms with van der Waals surface area (Å²) in [7, 11) is 0. The summed E-state index contributed by atoms with van der Waals surface area (Å²) in [5, 5.41) is 8.87. The normalized spacial score (nSPS) is 16.8. The molecule has 0 spiro atoms. The first-order chi connectivity index (χ1) is 6.40. The summed E-state index contributed by atoms with van der Waals surface area (Å²) in [4.78, 5) is 2.28. The monoisotopic (exact) mass is 181 g/mol. The van der Waals surface area contributed by atoms with Gasteiger partial charge in [0.2, 0.25) is 0 Å². The van der Waals surface area contributed by atoms with Crippen LogP contribution in [0.5, 0.6) is 0 Å². The van der Waals surface area contributed by atoms with Crippen LogP contribution in [-0.2, 0) is 6.54 Å². The van der Waals surface area contributed by atoms with Crippen molar-refractivity contribution in [2.24, 2.45) is 0 Å². The smallest absolute Gasteiger partial charge is 0.117 e. The molecule has 1 aromatic rings. The first-order valence-corrected chi connectivity index (χ1v) is 4.77. The van der Waals surface area contributed by atoms with Gasteiger partial charge in [-0.25, -0.2) is 0 Å². The van der Waals surface area contributed by atoms with Gasteiger partial charge in [-0.15, -0.1) is 0 Å². The predicted octanol–water partition coefficient (Wildman–Crippen LogP) is 1.24.